The molecule has 1 amide bonds. The summed E-state index contributed by atoms with van der Waals surface area (Å²) in [5.74, 6) is 0.0685. The summed E-state index contributed by atoms with van der Waals surface area (Å²) in [5.41, 5.74) is 1.41. The number of carbonyl (C=O) groups is 3. The van der Waals surface area contributed by atoms with Gasteiger partial charge in [-0.05, 0) is 11.8 Å². The van der Waals surface area contributed by atoms with Crippen molar-refractivity contribution in [2.45, 2.75) is 32.1 Å². The molecule has 2 atom stereocenters. The molecule has 3 fully saturated rings. The Morgan fingerprint density at radius 3 is 1.76 bits per heavy atom. The molecule has 3 aliphatic rings. The number of benzene rings is 2. The highest BCUT2D eigenvalue weighted by Crippen LogP contribution is 2.43. The van der Waals surface area contributed by atoms with Gasteiger partial charge in [0.2, 0.25) is 5.91 Å². The zero-order valence-electron chi connectivity index (χ0n) is 21.7. The Hall–Kier alpha value is -2.83. The number of amides is 1. The van der Waals surface area contributed by atoms with Crippen LogP contribution >= 0.6 is 0 Å². The van der Waals surface area contributed by atoms with Gasteiger partial charge in [-0.25, -0.2) is 0 Å². The summed E-state index contributed by atoms with van der Waals surface area (Å²) in [6.45, 7) is 4.34. The molecule has 0 bridgehead atoms. The highest BCUT2D eigenvalue weighted by atomic mass is 16.2. The van der Waals surface area contributed by atoms with Gasteiger partial charge in [-0.15, -0.1) is 0 Å². The van der Waals surface area contributed by atoms with Crippen molar-refractivity contribution in [3.63, 3.8) is 0 Å². The maximum Gasteiger partial charge on any atom is 0.236 e. The van der Waals surface area contributed by atoms with Gasteiger partial charge in [-0.2, -0.15) is 0 Å². The van der Waals surface area contributed by atoms with E-state index in [1.165, 1.54) is 6.42 Å². The number of Topliss-reactive ketones (excluding diaryl/α,β-unsaturated/α-hetero) is 2. The second kappa shape index (κ2) is 12.1. The maximum atomic E-state index is 14.0. The lowest BCUT2D eigenvalue weighted by atomic mass is 9.63. The molecular formula is C31H39N3O3. The molecule has 196 valence electrons. The zero-order valence-corrected chi connectivity index (χ0v) is 21.7. The maximum absolute atomic E-state index is 14.0. The molecule has 6 heteroatoms. The molecule has 1 aliphatic carbocycles. The predicted octanol–water partition coefficient (Wildman–Crippen LogP) is 3.93. The van der Waals surface area contributed by atoms with Crippen molar-refractivity contribution in [1.82, 2.24) is 15.1 Å². The van der Waals surface area contributed by atoms with Gasteiger partial charge in [-0.3, -0.25) is 19.3 Å². The third-order valence-electron chi connectivity index (χ3n) is 8.65. The molecule has 2 aromatic carbocycles. The van der Waals surface area contributed by atoms with Crippen LogP contribution in [0.4, 0.5) is 0 Å². The summed E-state index contributed by atoms with van der Waals surface area (Å²) >= 11 is 0. The number of nitrogens with one attached hydrogen (secondary N) is 1. The second-order valence-corrected chi connectivity index (χ2v) is 11.0. The van der Waals surface area contributed by atoms with Crippen molar-refractivity contribution in [1.29, 1.82) is 0 Å². The minimum absolute atomic E-state index is 0.00810. The minimum Gasteiger partial charge on any atom is -0.339 e. The van der Waals surface area contributed by atoms with Crippen LogP contribution in [0.15, 0.2) is 60.7 Å². The molecule has 1 saturated carbocycles. The highest BCUT2D eigenvalue weighted by molar-refractivity contribution is 6.01. The molecule has 0 aromatic heterocycles. The van der Waals surface area contributed by atoms with Gasteiger partial charge < -0.3 is 10.2 Å². The Labute approximate surface area is 220 Å². The van der Waals surface area contributed by atoms with E-state index in [9.17, 15) is 14.4 Å². The van der Waals surface area contributed by atoms with E-state index in [1.807, 2.05) is 65.6 Å². The molecule has 0 radical (unpaired) electrons. The summed E-state index contributed by atoms with van der Waals surface area (Å²) in [5, 5.41) is 3.30. The van der Waals surface area contributed by atoms with Gasteiger partial charge >= 0.3 is 0 Å². The lowest BCUT2D eigenvalue weighted by molar-refractivity contribution is -0.134. The number of rotatable bonds is 7. The fourth-order valence-corrected chi connectivity index (χ4v) is 6.81. The molecule has 2 aromatic rings. The Morgan fingerprint density at radius 1 is 0.730 bits per heavy atom. The SMILES string of the molecule is O=C(c1ccccc1)C1CN(CC(=O)N2CCNCC2)CC(C(=O)c2ccccc2)C1C1CCCCC1. The zero-order chi connectivity index (χ0) is 25.6. The monoisotopic (exact) mass is 501 g/mol. The third kappa shape index (κ3) is 6.02. The van der Waals surface area contributed by atoms with E-state index >= 15 is 0 Å². The van der Waals surface area contributed by atoms with Crippen molar-refractivity contribution < 1.29 is 14.4 Å². The quantitative estimate of drug-likeness (QED) is 0.583. The Morgan fingerprint density at radius 2 is 1.24 bits per heavy atom. The average molecular weight is 502 g/mol. The first kappa shape index (κ1) is 25.8. The number of piperazine rings is 1. The Bertz CT molecular complexity index is 1000. The van der Waals surface area contributed by atoms with Crippen molar-refractivity contribution in [2.75, 3.05) is 45.8 Å². The highest BCUT2D eigenvalue weighted by Gasteiger charge is 2.47. The van der Waals surface area contributed by atoms with Gasteiger partial charge in [0.05, 0.1) is 6.54 Å². The van der Waals surface area contributed by atoms with E-state index in [1.54, 1.807) is 0 Å². The van der Waals surface area contributed by atoms with Crippen LogP contribution in [-0.2, 0) is 4.79 Å². The van der Waals surface area contributed by atoms with Gasteiger partial charge in [0.25, 0.3) is 0 Å². The first-order valence-electron chi connectivity index (χ1n) is 14.0. The molecular weight excluding hydrogens is 462 g/mol. The molecule has 37 heavy (non-hydrogen) atoms. The van der Waals surface area contributed by atoms with Gasteiger partial charge in [0.15, 0.2) is 11.6 Å². The third-order valence-corrected chi connectivity index (χ3v) is 8.65. The van der Waals surface area contributed by atoms with Crippen LogP contribution in [0.2, 0.25) is 0 Å². The van der Waals surface area contributed by atoms with Crippen LogP contribution in [-0.4, -0.2) is 73.1 Å². The summed E-state index contributed by atoms with van der Waals surface area (Å²) in [4.78, 5) is 45.3. The first-order chi connectivity index (χ1) is 18.1. The molecule has 6 nitrogen and oxygen atoms in total. The van der Waals surface area contributed by atoms with E-state index in [0.29, 0.717) is 43.2 Å². The average Bonchev–Trinajstić information content (AvgIpc) is 2.97. The smallest absolute Gasteiger partial charge is 0.236 e. The largest absolute Gasteiger partial charge is 0.339 e. The Kier molecular flexibility index (Phi) is 8.47. The Balaban J connectivity index is 1.48. The topological polar surface area (TPSA) is 69.7 Å². The standard InChI is InChI=1S/C31H39N3O3/c35-28(34-18-16-32-17-19-34)22-33-20-26(30(36)24-12-6-2-7-13-24)29(23-10-4-1-5-11-23)27(21-33)31(37)25-14-8-3-9-15-25/h2-3,6-9,12-15,23,26-27,29,32H,1,4-5,10-11,16-22H2. The van der Waals surface area contributed by atoms with Crippen LogP contribution in [0.5, 0.6) is 0 Å². The van der Waals surface area contributed by atoms with Crippen LogP contribution < -0.4 is 5.32 Å². The fourth-order valence-electron chi connectivity index (χ4n) is 6.81. The first-order valence-corrected chi connectivity index (χ1v) is 14.0. The number of ketones is 2. The molecule has 2 saturated heterocycles. The number of hydrogen-bond donors (Lipinski definition) is 1. The molecule has 5 rings (SSSR count). The number of hydrogen-bond acceptors (Lipinski definition) is 5. The summed E-state index contributed by atoms with van der Waals surface area (Å²) in [7, 11) is 0. The fraction of sp³-hybridized carbons (Fsp3) is 0.516. The molecule has 2 unspecified atom stereocenters. The number of nitrogens with zero attached hydrogens (tertiary/aromatic N) is 2. The molecule has 1 N–H and O–H groups in total. The minimum atomic E-state index is -0.298. The molecule has 2 aliphatic heterocycles. The number of piperidine rings is 1. The van der Waals surface area contributed by atoms with E-state index in [2.05, 4.69) is 10.2 Å². The predicted molar refractivity (Wildman–Crippen MR) is 144 cm³/mol. The van der Waals surface area contributed by atoms with E-state index in [0.717, 1.165) is 38.8 Å². The normalized spacial score (nSPS) is 25.5. The van der Waals surface area contributed by atoms with E-state index in [-0.39, 0.29) is 41.8 Å². The number of likely N-dealkylation sites (tertiary alicyclic amines) is 1. The van der Waals surface area contributed by atoms with Crippen LogP contribution in [0, 0.1) is 23.7 Å². The molecule has 0 spiro atoms. The van der Waals surface area contributed by atoms with Crippen molar-refractivity contribution in [3.8, 4) is 0 Å². The van der Waals surface area contributed by atoms with Crippen LogP contribution in [0.1, 0.15) is 52.8 Å². The van der Waals surface area contributed by atoms with Crippen molar-refractivity contribution in [3.05, 3.63) is 71.8 Å². The van der Waals surface area contributed by atoms with E-state index in [4.69, 9.17) is 0 Å². The van der Waals surface area contributed by atoms with Crippen LogP contribution in [0.3, 0.4) is 0 Å². The summed E-state index contributed by atoms with van der Waals surface area (Å²) in [6.07, 6.45) is 5.68. The van der Waals surface area contributed by atoms with E-state index < -0.39 is 0 Å². The van der Waals surface area contributed by atoms with Gasteiger partial charge in [-0.1, -0.05) is 92.8 Å². The van der Waals surface area contributed by atoms with Crippen molar-refractivity contribution >= 4 is 17.5 Å². The summed E-state index contributed by atoms with van der Waals surface area (Å²) < 4.78 is 0. The van der Waals surface area contributed by atoms with Gasteiger partial charge in [0, 0.05) is 62.2 Å². The number of carbonyl (C=O) groups excluding carboxylic acids is 3. The lowest BCUT2D eigenvalue weighted by Gasteiger charge is -2.47. The van der Waals surface area contributed by atoms with Crippen LogP contribution in [0.25, 0.3) is 0 Å². The second-order valence-electron chi connectivity index (χ2n) is 11.0. The molecule has 2 heterocycles. The summed E-state index contributed by atoms with van der Waals surface area (Å²) in [6, 6.07) is 19.0. The van der Waals surface area contributed by atoms with Gasteiger partial charge in [0.1, 0.15) is 0 Å². The lowest BCUT2D eigenvalue weighted by Crippen LogP contribution is -2.56. The van der Waals surface area contributed by atoms with Crippen molar-refractivity contribution in [2.24, 2.45) is 23.7 Å².